The summed E-state index contributed by atoms with van der Waals surface area (Å²) in [6.45, 7) is 1.86. The van der Waals surface area contributed by atoms with Crippen LogP contribution in [0, 0.1) is 29.1 Å². The first-order valence-corrected chi connectivity index (χ1v) is 13.7. The van der Waals surface area contributed by atoms with E-state index >= 15 is 0 Å². The van der Waals surface area contributed by atoms with Crippen molar-refractivity contribution < 1.29 is 24.3 Å². The van der Waals surface area contributed by atoms with E-state index in [4.69, 9.17) is 0 Å². The van der Waals surface area contributed by atoms with Crippen LogP contribution >= 0.6 is 0 Å². The second-order valence-electron chi connectivity index (χ2n) is 11.4. The number of phenolic OH excluding ortho intramolecular Hbond substituents is 1. The lowest BCUT2D eigenvalue weighted by atomic mass is 9.51. The van der Waals surface area contributed by atoms with E-state index in [9.17, 15) is 24.3 Å². The molecule has 1 saturated carbocycles. The summed E-state index contributed by atoms with van der Waals surface area (Å²) in [6.07, 6.45) is 2.74. The molecule has 0 aromatic heterocycles. The van der Waals surface area contributed by atoms with Crippen LogP contribution in [0.25, 0.3) is 0 Å². The van der Waals surface area contributed by atoms with E-state index in [1.54, 1.807) is 72.8 Å². The van der Waals surface area contributed by atoms with Gasteiger partial charge in [0.2, 0.25) is 23.6 Å². The Kier molecular flexibility index (Phi) is 5.36. The third-order valence-electron chi connectivity index (χ3n) is 9.53. The van der Waals surface area contributed by atoms with Crippen LogP contribution in [0.5, 0.6) is 5.75 Å². The summed E-state index contributed by atoms with van der Waals surface area (Å²) in [5.74, 6) is -3.56. The number of fused-ring (bicyclic) bond motifs is 4. The van der Waals surface area contributed by atoms with Gasteiger partial charge in [0.1, 0.15) is 5.75 Å². The van der Waals surface area contributed by atoms with Crippen LogP contribution < -0.4 is 9.80 Å². The quantitative estimate of drug-likeness (QED) is 0.385. The van der Waals surface area contributed by atoms with Gasteiger partial charge in [0.15, 0.2) is 0 Å². The lowest BCUT2D eigenvalue weighted by molar-refractivity contribution is -0.131. The number of hydrogen-bond acceptors (Lipinski definition) is 5. The molecule has 1 N–H and O–H groups in total. The number of imide groups is 2. The third kappa shape index (κ3) is 3.24. The fourth-order valence-corrected chi connectivity index (χ4v) is 7.72. The first-order chi connectivity index (χ1) is 19.3. The molecule has 3 aromatic carbocycles. The number of para-hydroxylation sites is 2. The zero-order valence-corrected chi connectivity index (χ0v) is 21.9. The molecule has 2 aliphatic heterocycles. The molecule has 7 nitrogen and oxygen atoms in total. The van der Waals surface area contributed by atoms with Gasteiger partial charge in [-0.2, -0.15) is 0 Å². The molecule has 0 spiro atoms. The molecule has 4 amide bonds. The van der Waals surface area contributed by atoms with Crippen molar-refractivity contribution >= 4 is 35.0 Å². The van der Waals surface area contributed by atoms with Crippen molar-refractivity contribution in [2.45, 2.75) is 25.7 Å². The monoisotopic (exact) mass is 532 g/mol. The Balaban J connectivity index is 1.37. The maximum atomic E-state index is 14.3. The Morgan fingerprint density at radius 2 is 1.32 bits per heavy atom. The van der Waals surface area contributed by atoms with Crippen LogP contribution in [0.1, 0.15) is 31.2 Å². The van der Waals surface area contributed by atoms with Crippen LogP contribution in [-0.2, 0) is 19.2 Å². The van der Waals surface area contributed by atoms with Crippen molar-refractivity contribution in [1.29, 1.82) is 0 Å². The number of hydrogen-bond donors (Lipinski definition) is 1. The van der Waals surface area contributed by atoms with Gasteiger partial charge in [0.05, 0.1) is 34.5 Å². The van der Waals surface area contributed by atoms with Crippen LogP contribution in [0.15, 0.2) is 96.6 Å². The largest absolute Gasteiger partial charge is 0.508 e. The molecule has 2 heterocycles. The van der Waals surface area contributed by atoms with Gasteiger partial charge < -0.3 is 5.11 Å². The number of benzene rings is 3. The first-order valence-electron chi connectivity index (χ1n) is 13.7. The summed E-state index contributed by atoms with van der Waals surface area (Å²) in [5, 5.41) is 10.0. The smallest absolute Gasteiger partial charge is 0.241 e. The fraction of sp³-hybridized carbons (Fsp3) is 0.273. The van der Waals surface area contributed by atoms with E-state index in [0.717, 1.165) is 11.1 Å². The summed E-state index contributed by atoms with van der Waals surface area (Å²) >= 11 is 0. The SMILES string of the molecule is C[C@@]12C(=O)N(c3ccccc3)C(=O)[C@@H]1C[C@@H]1C(=CC[C@@H]3C(=O)N(c4ccccc4)C(=O)[C@@H]31)[C@@H]2c1ccc(O)cc1. The van der Waals surface area contributed by atoms with Gasteiger partial charge in [-0.25, -0.2) is 4.90 Å². The molecule has 0 radical (unpaired) electrons. The molecule has 7 heteroatoms. The van der Waals surface area contributed by atoms with Gasteiger partial charge in [-0.3, -0.25) is 24.1 Å². The summed E-state index contributed by atoms with van der Waals surface area (Å²) in [6, 6.07) is 24.7. The Morgan fingerprint density at radius 3 is 1.95 bits per heavy atom. The van der Waals surface area contributed by atoms with Crippen molar-refractivity contribution in [3.8, 4) is 5.75 Å². The molecular weight excluding hydrogens is 504 g/mol. The Hall–Kier alpha value is -4.52. The van der Waals surface area contributed by atoms with Gasteiger partial charge in [-0.15, -0.1) is 0 Å². The summed E-state index contributed by atoms with van der Waals surface area (Å²) in [7, 11) is 0. The molecule has 0 bridgehead atoms. The topological polar surface area (TPSA) is 95.0 Å². The molecule has 3 fully saturated rings. The molecule has 40 heavy (non-hydrogen) atoms. The van der Waals surface area contributed by atoms with E-state index in [1.807, 2.05) is 25.1 Å². The second-order valence-corrected chi connectivity index (χ2v) is 11.4. The average molecular weight is 533 g/mol. The van der Waals surface area contributed by atoms with Gasteiger partial charge in [-0.1, -0.05) is 60.2 Å². The maximum absolute atomic E-state index is 14.3. The standard InChI is InChI=1S/C33H28N2O5/c1-33-26(30(38)35(32(33)40)21-10-6-3-7-11-21)18-25-23(28(33)19-12-14-22(36)15-13-19)16-17-24-27(25)31(39)34(29(24)37)20-8-4-2-5-9-20/h2-16,24-28,36H,17-18H2,1H3/t24-,25+,26-,27-,28-,33+/m0/s1. The minimum atomic E-state index is -1.09. The molecule has 200 valence electrons. The van der Waals surface area contributed by atoms with Crippen molar-refractivity contribution in [2.24, 2.45) is 29.1 Å². The Morgan fingerprint density at radius 1 is 0.725 bits per heavy atom. The first kappa shape index (κ1) is 24.5. The van der Waals surface area contributed by atoms with Crippen LogP contribution in [0.3, 0.4) is 0 Å². The summed E-state index contributed by atoms with van der Waals surface area (Å²) in [4.78, 5) is 58.5. The average Bonchev–Trinajstić information content (AvgIpc) is 3.34. The Labute approximate surface area is 231 Å². The highest BCUT2D eigenvalue weighted by Crippen LogP contribution is 2.63. The van der Waals surface area contributed by atoms with Crippen molar-refractivity contribution in [3.05, 3.63) is 102 Å². The number of carbonyl (C=O) groups is 4. The van der Waals surface area contributed by atoms with E-state index in [-0.39, 0.29) is 35.3 Å². The number of carbonyl (C=O) groups excluding carboxylic acids is 4. The minimum absolute atomic E-state index is 0.102. The minimum Gasteiger partial charge on any atom is -0.508 e. The number of nitrogens with zero attached hydrogens (tertiary/aromatic N) is 2. The normalized spacial score (nSPS) is 31.1. The molecule has 2 aliphatic carbocycles. The zero-order chi connectivity index (χ0) is 27.8. The number of allylic oxidation sites excluding steroid dienone is 2. The number of phenols is 1. The molecule has 6 atom stereocenters. The van der Waals surface area contributed by atoms with E-state index in [1.165, 1.54) is 9.80 Å². The van der Waals surface area contributed by atoms with Crippen LogP contribution in [0.4, 0.5) is 11.4 Å². The number of rotatable bonds is 3. The zero-order valence-electron chi connectivity index (χ0n) is 21.9. The van der Waals surface area contributed by atoms with Gasteiger partial charge in [-0.05, 0) is 67.6 Å². The number of amides is 4. The highest BCUT2D eigenvalue weighted by atomic mass is 16.3. The maximum Gasteiger partial charge on any atom is 0.241 e. The molecule has 4 aliphatic rings. The second kappa shape index (κ2) is 8.74. The molecule has 3 aromatic rings. The van der Waals surface area contributed by atoms with Gasteiger partial charge in [0, 0.05) is 5.92 Å². The van der Waals surface area contributed by atoms with Gasteiger partial charge in [0.25, 0.3) is 0 Å². The van der Waals surface area contributed by atoms with Crippen LogP contribution in [-0.4, -0.2) is 28.7 Å². The van der Waals surface area contributed by atoms with E-state index < -0.39 is 29.1 Å². The summed E-state index contributed by atoms with van der Waals surface area (Å²) < 4.78 is 0. The van der Waals surface area contributed by atoms with Crippen molar-refractivity contribution in [2.75, 3.05) is 9.80 Å². The Bertz CT molecular complexity index is 1580. The predicted molar refractivity (Wildman–Crippen MR) is 148 cm³/mol. The lowest BCUT2D eigenvalue weighted by Crippen LogP contribution is -2.48. The highest BCUT2D eigenvalue weighted by Gasteiger charge is 2.67. The third-order valence-corrected chi connectivity index (χ3v) is 9.53. The molecule has 2 saturated heterocycles. The predicted octanol–water partition coefficient (Wildman–Crippen LogP) is 4.83. The fourth-order valence-electron chi connectivity index (χ4n) is 7.72. The van der Waals surface area contributed by atoms with Crippen molar-refractivity contribution in [3.63, 3.8) is 0 Å². The number of anilines is 2. The molecule has 0 unspecified atom stereocenters. The van der Waals surface area contributed by atoms with Crippen molar-refractivity contribution in [1.82, 2.24) is 0 Å². The van der Waals surface area contributed by atoms with Gasteiger partial charge >= 0.3 is 0 Å². The van der Waals surface area contributed by atoms with Crippen LogP contribution in [0.2, 0.25) is 0 Å². The summed E-state index contributed by atoms with van der Waals surface area (Å²) in [5.41, 5.74) is 1.70. The lowest BCUT2D eigenvalue weighted by Gasteiger charge is -2.49. The van der Waals surface area contributed by atoms with E-state index in [0.29, 0.717) is 24.2 Å². The highest BCUT2D eigenvalue weighted by molar-refractivity contribution is 6.25. The molecule has 7 rings (SSSR count). The van der Waals surface area contributed by atoms with E-state index in [2.05, 4.69) is 0 Å². The molecular formula is C33H28N2O5. The number of aromatic hydroxyl groups is 1.